The van der Waals surface area contributed by atoms with Gasteiger partial charge in [-0.1, -0.05) is 109 Å². The van der Waals surface area contributed by atoms with Crippen molar-refractivity contribution in [3.05, 3.63) is 265 Å². The molecule has 0 bridgehead atoms. The van der Waals surface area contributed by atoms with E-state index in [4.69, 9.17) is 56.5 Å². The maximum Gasteiger partial charge on any atom is 0.524 e. The van der Waals surface area contributed by atoms with Gasteiger partial charge >= 0.3 is 7.82 Å². The lowest BCUT2D eigenvalue weighted by atomic mass is 9.88. The van der Waals surface area contributed by atoms with Crippen LogP contribution < -0.4 is 44.9 Å². The number of thioether (sulfide) groups is 3. The van der Waals surface area contributed by atoms with E-state index in [9.17, 15) is 0 Å². The highest BCUT2D eigenvalue weighted by Gasteiger charge is 2.40. The molecule has 119 heavy (non-hydrogen) atoms. The smallest absolute Gasteiger partial charge is 0.497 e. The molecular formula is C96H129N6O13PS3. The van der Waals surface area contributed by atoms with E-state index in [2.05, 4.69) is 180 Å². The molecule has 9 aromatic carbocycles. The Morgan fingerprint density at radius 2 is 0.630 bits per heavy atom. The summed E-state index contributed by atoms with van der Waals surface area (Å²) in [6.07, 6.45) is 10.0. The van der Waals surface area contributed by atoms with Crippen LogP contribution in [0.2, 0.25) is 0 Å². The number of aryl methyl sites for hydroxylation is 6. The van der Waals surface area contributed by atoms with Gasteiger partial charge in [0.05, 0.1) is 57.8 Å². The van der Waals surface area contributed by atoms with E-state index in [1.165, 1.54) is 16.7 Å². The number of rotatable bonds is 51. The summed E-state index contributed by atoms with van der Waals surface area (Å²) in [6, 6.07) is 61.8. The number of hydrogen-bond donors (Lipinski definition) is 3. The first-order valence-electron chi connectivity index (χ1n) is 40.8. The molecule has 0 aliphatic heterocycles. The molecule has 0 aliphatic carbocycles. The van der Waals surface area contributed by atoms with E-state index in [1.807, 2.05) is 157 Å². The van der Waals surface area contributed by atoms with Gasteiger partial charge in [0.2, 0.25) is 0 Å². The molecule has 0 fully saturated rings. The fraction of sp³-hybridized carbons (Fsp3) is 0.438. The summed E-state index contributed by atoms with van der Waals surface area (Å²) in [5, 5.41) is 0. The topological polar surface area (TPSA) is 174 Å². The normalized spacial score (nSPS) is 13.0. The monoisotopic (exact) mass is 1700 g/mol. The Hall–Kier alpha value is -7.42. The highest BCUT2D eigenvalue weighted by atomic mass is 32.2. The second kappa shape index (κ2) is 46.2. The van der Waals surface area contributed by atoms with Gasteiger partial charge in [0.15, 0.2) is 0 Å². The first-order valence-corrected chi connectivity index (χ1v) is 45.9. The van der Waals surface area contributed by atoms with Crippen LogP contribution in [-0.4, -0.2) is 155 Å². The summed E-state index contributed by atoms with van der Waals surface area (Å²) in [5.41, 5.74) is 21.8. The number of ether oxygens (including phenoxy) is 9. The Balaban J connectivity index is 0.992. The average Bonchev–Trinajstić information content (AvgIpc) is 0.787. The minimum Gasteiger partial charge on any atom is -0.497 e. The molecule has 0 aliphatic rings. The second-order valence-corrected chi connectivity index (χ2v) is 36.5. The number of para-hydroxylation sites is 3. The summed E-state index contributed by atoms with van der Waals surface area (Å²) in [5.74, 6) is 4.94. The number of benzene rings is 9. The standard InChI is InChI=1S/C96H129N6O13PS3/c1-67-82(64-107-79(58-100(10)11)61-110-88-40-25-22-34-73(88)46-43-70-31-28-37-76(55-70)104-16)85(49-52-91(67)117-19)94(4,5)97-113-116(103,114-98-95(6,7)86-50-53-92(118-20)68(2)83(86)65-108-80(59-101(12)13)62-111-89-41-26-23-35-74(89)47-44-71-32-29-38-77(56-71)105-17)115-99-96(8,9)87-51-54-93(119-21)69(3)84(87)66-109-81(60-102(14)15)63-112-90-42-27-24-36-75(90)48-45-72-33-30-39-78(57-72)106-18/h22-42,49-57,79-81,97-99H,43-48,58-66H2,1-21H3/t79-,80-,81-/m1/s1. The molecule has 0 spiro atoms. The van der Waals surface area contributed by atoms with Crippen LogP contribution in [0.1, 0.15) is 125 Å². The molecule has 23 heteroatoms. The minimum absolute atomic E-state index is 0.225. The van der Waals surface area contributed by atoms with Crippen LogP contribution in [0.25, 0.3) is 0 Å². The minimum atomic E-state index is -4.87. The number of nitrogens with zero attached hydrogens (tertiary/aromatic N) is 3. The SMILES string of the molecule is COc1cccc(CCc2ccccc2OC[C@@H](CN(C)C)OCc2c(C(C)(C)NOP(=O)(ONC(C)(C)c3ccc(SC)c(C)c3CO[C@@H](COc3ccccc3CCc3cccc(OC)c3)CN(C)C)ONC(C)(C)c3ccc(SC)c(C)c3CO[C@@H](COc3ccccc3CCc3cccc(OC)c3)CN(C)C)ccc(SC)c2C)c1. The van der Waals surface area contributed by atoms with Gasteiger partial charge in [-0.05, 0) is 318 Å². The molecule has 3 N–H and O–H groups in total. The van der Waals surface area contributed by atoms with Crippen LogP contribution in [0, 0.1) is 20.8 Å². The van der Waals surface area contributed by atoms with Crippen LogP contribution in [0.4, 0.5) is 0 Å². The van der Waals surface area contributed by atoms with E-state index in [-0.39, 0.29) is 38.1 Å². The number of hydrogen-bond acceptors (Lipinski definition) is 22. The first-order chi connectivity index (χ1) is 57.0. The van der Waals surface area contributed by atoms with Gasteiger partial charge in [0.1, 0.15) is 72.6 Å². The number of hydroxylamine groups is 3. The Bertz CT molecular complexity index is 4280. The van der Waals surface area contributed by atoms with Crippen molar-refractivity contribution in [3.8, 4) is 34.5 Å². The zero-order valence-corrected chi connectivity index (χ0v) is 77.3. The van der Waals surface area contributed by atoms with Gasteiger partial charge in [0.25, 0.3) is 0 Å². The second-order valence-electron chi connectivity index (χ2n) is 32.6. The lowest BCUT2D eigenvalue weighted by Gasteiger charge is -2.35. The molecule has 0 amide bonds. The highest BCUT2D eigenvalue weighted by Crippen LogP contribution is 2.50. The van der Waals surface area contributed by atoms with Crippen molar-refractivity contribution >= 4 is 43.1 Å². The van der Waals surface area contributed by atoms with Gasteiger partial charge < -0.3 is 57.3 Å². The van der Waals surface area contributed by atoms with Crippen molar-refractivity contribution in [1.29, 1.82) is 0 Å². The number of methoxy groups -OCH3 is 3. The van der Waals surface area contributed by atoms with Crippen LogP contribution >= 0.6 is 43.1 Å². The third-order valence-corrected chi connectivity index (χ3v) is 24.9. The summed E-state index contributed by atoms with van der Waals surface area (Å²) in [6.45, 7) is 21.6. The van der Waals surface area contributed by atoms with Crippen LogP contribution in [-0.2, 0) is 108 Å². The van der Waals surface area contributed by atoms with E-state index in [1.54, 1.807) is 56.6 Å². The number of phosphoric acid groups is 1. The molecule has 0 aromatic heterocycles. The van der Waals surface area contributed by atoms with Gasteiger partial charge in [-0.3, -0.25) is 0 Å². The highest BCUT2D eigenvalue weighted by molar-refractivity contribution is 7.99. The Morgan fingerprint density at radius 1 is 0.361 bits per heavy atom. The van der Waals surface area contributed by atoms with Crippen LogP contribution in [0.15, 0.2) is 197 Å². The van der Waals surface area contributed by atoms with Crippen molar-refractivity contribution in [2.45, 2.75) is 170 Å². The summed E-state index contributed by atoms with van der Waals surface area (Å²) in [4.78, 5) is 9.58. The van der Waals surface area contributed by atoms with Gasteiger partial charge in [0, 0.05) is 34.3 Å². The van der Waals surface area contributed by atoms with E-state index in [0.29, 0.717) is 39.5 Å². The molecule has 0 saturated carbocycles. The molecule has 0 unspecified atom stereocenters. The number of likely N-dealkylation sites (N-methyl/N-ethyl adjacent to an activating group) is 3. The average molecular weight is 1700 g/mol. The van der Waals surface area contributed by atoms with E-state index in [0.717, 1.165) is 154 Å². The van der Waals surface area contributed by atoms with Gasteiger partial charge in [-0.2, -0.15) is 30.3 Å². The third-order valence-electron chi connectivity index (χ3n) is 21.3. The lowest BCUT2D eigenvalue weighted by molar-refractivity contribution is -0.0398. The third kappa shape index (κ3) is 28.3. The van der Waals surface area contributed by atoms with Crippen molar-refractivity contribution in [3.63, 3.8) is 0 Å². The molecular weight excluding hydrogens is 1570 g/mol. The van der Waals surface area contributed by atoms with Gasteiger partial charge in [-0.15, -0.1) is 35.3 Å². The Kier molecular flexibility index (Phi) is 37.0. The largest absolute Gasteiger partial charge is 0.524 e. The van der Waals surface area contributed by atoms with Crippen LogP contribution in [0.3, 0.4) is 0 Å². The zero-order chi connectivity index (χ0) is 85.9. The summed E-state index contributed by atoms with van der Waals surface area (Å²) in [7, 11) is 12.4. The van der Waals surface area contributed by atoms with E-state index >= 15 is 4.57 Å². The van der Waals surface area contributed by atoms with Crippen LogP contribution in [0.5, 0.6) is 34.5 Å². The quantitative estimate of drug-likeness (QED) is 0.0186. The van der Waals surface area contributed by atoms with Gasteiger partial charge in [-0.25, -0.2) is 4.57 Å². The van der Waals surface area contributed by atoms with Crippen molar-refractivity contribution in [2.24, 2.45) is 0 Å². The first kappa shape index (κ1) is 95.4. The molecule has 9 aromatic rings. The lowest BCUT2D eigenvalue weighted by Crippen LogP contribution is -2.43. The molecule has 9 rings (SSSR count). The molecule has 0 heterocycles. The molecule has 644 valence electrons. The fourth-order valence-electron chi connectivity index (χ4n) is 14.6. The predicted molar refractivity (Wildman–Crippen MR) is 487 cm³/mol. The zero-order valence-electron chi connectivity index (χ0n) is 74.0. The molecule has 19 nitrogen and oxygen atoms in total. The Labute approximate surface area is 722 Å². The Morgan fingerprint density at radius 3 is 0.882 bits per heavy atom. The van der Waals surface area contributed by atoms with Crippen molar-refractivity contribution < 1.29 is 61.1 Å². The summed E-state index contributed by atoms with van der Waals surface area (Å²) < 4.78 is 94.0. The van der Waals surface area contributed by atoms with Crippen molar-refractivity contribution in [2.75, 3.05) is 122 Å². The summed E-state index contributed by atoms with van der Waals surface area (Å²) >= 11 is 4.98. The van der Waals surface area contributed by atoms with Crippen molar-refractivity contribution in [1.82, 2.24) is 31.1 Å². The molecule has 0 saturated heterocycles. The molecule has 3 atom stereocenters. The molecule has 0 radical (unpaired) electrons. The fourth-order valence-corrected chi connectivity index (χ4v) is 17.7. The maximum absolute atomic E-state index is 16.4. The number of nitrogens with one attached hydrogen (secondary N) is 3. The van der Waals surface area contributed by atoms with E-state index < -0.39 is 24.4 Å². The predicted octanol–water partition coefficient (Wildman–Crippen LogP) is 19.5. The maximum atomic E-state index is 16.4.